The molecule has 0 aliphatic rings. The summed E-state index contributed by atoms with van der Waals surface area (Å²) in [5, 5.41) is 0.832. The van der Waals surface area contributed by atoms with E-state index in [1.54, 1.807) is 13.8 Å². The van der Waals surface area contributed by atoms with Crippen LogP contribution in [0.1, 0.15) is 31.0 Å². The summed E-state index contributed by atoms with van der Waals surface area (Å²) in [5.41, 5.74) is 7.05. The molecule has 0 radical (unpaired) electrons. The normalized spacial score (nSPS) is 12.9. The van der Waals surface area contributed by atoms with E-state index >= 15 is 0 Å². The average Bonchev–Trinajstić information content (AvgIpc) is 2.36. The summed E-state index contributed by atoms with van der Waals surface area (Å²) in [6.07, 6.45) is 0. The molecule has 5 heteroatoms. The number of nitrogens with two attached hydrogens (primary N) is 1. The van der Waals surface area contributed by atoms with Gasteiger partial charge in [0.1, 0.15) is 11.4 Å². The Morgan fingerprint density at radius 2 is 2.16 bits per heavy atom. The van der Waals surface area contributed by atoms with Crippen LogP contribution in [0.5, 0.6) is 0 Å². The molecule has 1 aromatic carbocycles. The molecular formula is C14H16FNO2S. The van der Waals surface area contributed by atoms with Crippen molar-refractivity contribution < 1.29 is 8.81 Å². The minimum Gasteiger partial charge on any atom is -0.449 e. The third-order valence-corrected chi connectivity index (χ3v) is 3.87. The van der Waals surface area contributed by atoms with Crippen LogP contribution in [0.2, 0.25) is 0 Å². The smallest absolute Gasteiger partial charge is 0.196 e. The van der Waals surface area contributed by atoms with Crippen molar-refractivity contribution in [1.29, 1.82) is 0 Å². The average molecular weight is 281 g/mol. The number of thioether (sulfide) groups is 1. The minimum atomic E-state index is -0.470. The van der Waals surface area contributed by atoms with Gasteiger partial charge in [-0.25, -0.2) is 4.39 Å². The van der Waals surface area contributed by atoms with Crippen molar-refractivity contribution in [3.8, 4) is 0 Å². The molecule has 0 aliphatic heterocycles. The predicted octanol–water partition coefficient (Wildman–Crippen LogP) is 3.37. The van der Waals surface area contributed by atoms with Gasteiger partial charge in [-0.05, 0) is 31.7 Å². The lowest BCUT2D eigenvalue weighted by Crippen LogP contribution is -2.12. The van der Waals surface area contributed by atoms with E-state index < -0.39 is 11.9 Å². The van der Waals surface area contributed by atoms with Crippen LogP contribution < -0.4 is 11.2 Å². The van der Waals surface area contributed by atoms with Gasteiger partial charge in [-0.2, -0.15) is 0 Å². The van der Waals surface area contributed by atoms with Crippen molar-refractivity contribution in [2.24, 2.45) is 5.73 Å². The van der Waals surface area contributed by atoms with E-state index in [1.807, 2.05) is 6.92 Å². The molecule has 19 heavy (non-hydrogen) atoms. The lowest BCUT2D eigenvalue weighted by atomic mass is 10.0. The second-order valence-corrected chi connectivity index (χ2v) is 5.67. The molecule has 2 N–H and O–H groups in total. The molecular weight excluding hydrogens is 265 g/mol. The standard InChI is InChI=1S/C14H16FNO2S/c1-4-19-14-7(2)12(17)11-6-9(15)5-10(8(3)16)13(11)18-14/h5-6,8H,4,16H2,1-3H3/t8-/m1/s1. The summed E-state index contributed by atoms with van der Waals surface area (Å²) < 4.78 is 19.4. The number of rotatable bonds is 3. The van der Waals surface area contributed by atoms with Crippen LogP contribution in [-0.2, 0) is 0 Å². The lowest BCUT2D eigenvalue weighted by molar-refractivity contribution is 0.486. The first kappa shape index (κ1) is 14.1. The maximum Gasteiger partial charge on any atom is 0.196 e. The molecule has 0 amide bonds. The van der Waals surface area contributed by atoms with Gasteiger partial charge in [-0.15, -0.1) is 0 Å². The summed E-state index contributed by atoms with van der Waals surface area (Å²) in [6.45, 7) is 5.41. The Kier molecular flexibility index (Phi) is 3.96. The van der Waals surface area contributed by atoms with Crippen molar-refractivity contribution in [3.63, 3.8) is 0 Å². The molecule has 0 spiro atoms. The fourth-order valence-electron chi connectivity index (χ4n) is 1.97. The van der Waals surface area contributed by atoms with Crippen molar-refractivity contribution >= 4 is 22.7 Å². The first-order valence-corrected chi connectivity index (χ1v) is 7.09. The van der Waals surface area contributed by atoms with Crippen LogP contribution in [0.3, 0.4) is 0 Å². The summed E-state index contributed by atoms with van der Waals surface area (Å²) >= 11 is 1.45. The molecule has 0 aliphatic carbocycles. The van der Waals surface area contributed by atoms with Crippen LogP contribution in [0, 0.1) is 12.7 Å². The van der Waals surface area contributed by atoms with Crippen LogP contribution >= 0.6 is 11.8 Å². The van der Waals surface area contributed by atoms with Gasteiger partial charge in [0.15, 0.2) is 10.5 Å². The molecule has 102 valence electrons. The first-order chi connectivity index (χ1) is 8.95. The zero-order chi connectivity index (χ0) is 14.2. The van der Waals surface area contributed by atoms with Gasteiger partial charge >= 0.3 is 0 Å². The molecule has 0 fully saturated rings. The van der Waals surface area contributed by atoms with Gasteiger partial charge in [-0.1, -0.05) is 18.7 Å². The highest BCUT2D eigenvalue weighted by Gasteiger charge is 2.17. The van der Waals surface area contributed by atoms with Crippen molar-refractivity contribution in [1.82, 2.24) is 0 Å². The minimum absolute atomic E-state index is 0.196. The van der Waals surface area contributed by atoms with E-state index in [9.17, 15) is 9.18 Å². The first-order valence-electron chi connectivity index (χ1n) is 6.11. The molecule has 1 heterocycles. The predicted molar refractivity (Wildman–Crippen MR) is 76.2 cm³/mol. The summed E-state index contributed by atoms with van der Waals surface area (Å²) in [5.74, 6) is 0.326. The zero-order valence-electron chi connectivity index (χ0n) is 11.1. The van der Waals surface area contributed by atoms with E-state index in [1.165, 1.54) is 23.9 Å². The Morgan fingerprint density at radius 1 is 1.47 bits per heavy atom. The van der Waals surface area contributed by atoms with Crippen LogP contribution in [0.25, 0.3) is 11.0 Å². The largest absolute Gasteiger partial charge is 0.449 e. The lowest BCUT2D eigenvalue weighted by Gasteiger charge is -2.11. The van der Waals surface area contributed by atoms with Crippen molar-refractivity contribution in [2.45, 2.75) is 31.9 Å². The van der Waals surface area contributed by atoms with E-state index in [0.29, 0.717) is 21.8 Å². The molecule has 0 saturated heterocycles. The monoisotopic (exact) mass is 281 g/mol. The van der Waals surface area contributed by atoms with E-state index in [4.69, 9.17) is 10.2 Å². The van der Waals surface area contributed by atoms with Crippen molar-refractivity contribution in [3.05, 3.63) is 39.3 Å². The maximum atomic E-state index is 13.6. The highest BCUT2D eigenvalue weighted by molar-refractivity contribution is 7.99. The van der Waals surface area contributed by atoms with Crippen molar-refractivity contribution in [2.75, 3.05) is 5.75 Å². The second kappa shape index (κ2) is 5.35. The van der Waals surface area contributed by atoms with Gasteiger partial charge in [0, 0.05) is 17.2 Å². The molecule has 0 saturated carbocycles. The summed E-state index contributed by atoms with van der Waals surface area (Å²) in [7, 11) is 0. The zero-order valence-corrected chi connectivity index (χ0v) is 11.9. The maximum absolute atomic E-state index is 13.6. The van der Waals surface area contributed by atoms with Gasteiger partial charge in [0.05, 0.1) is 5.39 Å². The quantitative estimate of drug-likeness (QED) is 0.876. The molecule has 2 rings (SSSR count). The number of hydrogen-bond acceptors (Lipinski definition) is 4. The van der Waals surface area contributed by atoms with Gasteiger partial charge in [0.2, 0.25) is 0 Å². The van der Waals surface area contributed by atoms with E-state index in [2.05, 4.69) is 0 Å². The number of fused-ring (bicyclic) bond motifs is 1. The molecule has 2 aromatic rings. The Bertz CT molecular complexity index is 679. The Hall–Kier alpha value is -1.33. The number of benzene rings is 1. The third-order valence-electron chi connectivity index (χ3n) is 2.93. The summed E-state index contributed by atoms with van der Waals surface area (Å²) in [4.78, 5) is 12.3. The Labute approximate surface area is 115 Å². The number of halogens is 1. The Balaban J connectivity index is 2.88. The van der Waals surface area contributed by atoms with E-state index in [-0.39, 0.29) is 10.8 Å². The topological polar surface area (TPSA) is 56.2 Å². The Morgan fingerprint density at radius 3 is 2.74 bits per heavy atom. The molecule has 0 unspecified atom stereocenters. The fraction of sp³-hybridized carbons (Fsp3) is 0.357. The van der Waals surface area contributed by atoms with Gasteiger partial charge in [0.25, 0.3) is 0 Å². The molecule has 0 bridgehead atoms. The molecule has 1 aromatic heterocycles. The van der Waals surface area contributed by atoms with Gasteiger partial charge in [-0.3, -0.25) is 4.79 Å². The second-order valence-electron chi connectivity index (χ2n) is 4.44. The van der Waals surface area contributed by atoms with E-state index in [0.717, 1.165) is 5.75 Å². The molecule has 1 atom stereocenters. The third kappa shape index (κ3) is 2.53. The number of hydrogen-bond donors (Lipinski definition) is 1. The highest BCUT2D eigenvalue weighted by Crippen LogP contribution is 2.29. The SMILES string of the molecule is CCSc1oc2c([C@@H](C)N)cc(F)cc2c(=O)c1C. The molecule has 3 nitrogen and oxygen atoms in total. The summed E-state index contributed by atoms with van der Waals surface area (Å²) in [6, 6.07) is 2.13. The fourth-order valence-corrected chi connectivity index (χ4v) is 2.68. The van der Waals surface area contributed by atoms with Crippen LogP contribution in [-0.4, -0.2) is 5.75 Å². The van der Waals surface area contributed by atoms with Crippen LogP contribution in [0.4, 0.5) is 4.39 Å². The van der Waals surface area contributed by atoms with Gasteiger partial charge < -0.3 is 10.2 Å². The highest BCUT2D eigenvalue weighted by atomic mass is 32.2. The van der Waals surface area contributed by atoms with Crippen LogP contribution in [0.15, 0.2) is 26.4 Å².